The minimum absolute atomic E-state index is 0.130. The highest BCUT2D eigenvalue weighted by atomic mass is 19.1. The molecule has 2 aromatic rings. The number of carbonyl (C=O) groups is 1. The number of para-hydroxylation sites is 2. The van der Waals surface area contributed by atoms with Crippen LogP contribution in [-0.4, -0.2) is 25.7 Å². The Morgan fingerprint density at radius 2 is 1.79 bits per heavy atom. The molecule has 1 amide bonds. The standard InChI is InChI=1S/C19H22FNO3/c1-14(13-24-18-10-6-5-9-17(18)23-2)21-19(22)12-11-15-7-3-4-8-16(15)20/h3-10,14H,11-13H2,1-2H3,(H,21,22)/t14-/m1/s1. The number of methoxy groups -OCH3 is 1. The third-order valence-electron chi connectivity index (χ3n) is 3.54. The first kappa shape index (κ1) is 17.8. The van der Waals surface area contributed by atoms with Crippen LogP contribution in [0.2, 0.25) is 0 Å². The van der Waals surface area contributed by atoms with Crippen molar-refractivity contribution in [3.63, 3.8) is 0 Å². The van der Waals surface area contributed by atoms with E-state index in [9.17, 15) is 9.18 Å². The SMILES string of the molecule is COc1ccccc1OC[C@@H](C)NC(=O)CCc1ccccc1F. The van der Waals surface area contributed by atoms with E-state index in [4.69, 9.17) is 9.47 Å². The van der Waals surface area contributed by atoms with Crippen molar-refractivity contribution in [1.29, 1.82) is 0 Å². The first-order valence-corrected chi connectivity index (χ1v) is 7.88. The Labute approximate surface area is 141 Å². The zero-order chi connectivity index (χ0) is 17.4. The van der Waals surface area contributed by atoms with Gasteiger partial charge >= 0.3 is 0 Å². The molecule has 0 aliphatic heterocycles. The van der Waals surface area contributed by atoms with Crippen LogP contribution in [0, 0.1) is 5.82 Å². The smallest absolute Gasteiger partial charge is 0.220 e. The maximum Gasteiger partial charge on any atom is 0.220 e. The lowest BCUT2D eigenvalue weighted by molar-refractivity contribution is -0.121. The van der Waals surface area contributed by atoms with Crippen LogP contribution in [0.15, 0.2) is 48.5 Å². The van der Waals surface area contributed by atoms with Gasteiger partial charge in [-0.1, -0.05) is 30.3 Å². The fraction of sp³-hybridized carbons (Fsp3) is 0.316. The lowest BCUT2D eigenvalue weighted by Gasteiger charge is -2.16. The summed E-state index contributed by atoms with van der Waals surface area (Å²) in [6, 6.07) is 13.7. The van der Waals surface area contributed by atoms with Crippen LogP contribution in [0.1, 0.15) is 18.9 Å². The molecule has 0 radical (unpaired) electrons. The fourth-order valence-electron chi connectivity index (χ4n) is 2.29. The van der Waals surface area contributed by atoms with Crippen LogP contribution in [0.3, 0.4) is 0 Å². The highest BCUT2D eigenvalue weighted by Gasteiger charge is 2.11. The van der Waals surface area contributed by atoms with Crippen LogP contribution < -0.4 is 14.8 Å². The summed E-state index contributed by atoms with van der Waals surface area (Å²) < 4.78 is 24.4. The molecule has 0 saturated carbocycles. The molecule has 0 saturated heterocycles. The number of ether oxygens (including phenoxy) is 2. The quantitative estimate of drug-likeness (QED) is 0.807. The average molecular weight is 331 g/mol. The van der Waals surface area contributed by atoms with Crippen LogP contribution in [-0.2, 0) is 11.2 Å². The van der Waals surface area contributed by atoms with Crippen LogP contribution >= 0.6 is 0 Å². The molecule has 0 aliphatic rings. The second-order valence-electron chi connectivity index (χ2n) is 5.52. The van der Waals surface area contributed by atoms with Crippen LogP contribution in [0.25, 0.3) is 0 Å². The fourth-order valence-corrected chi connectivity index (χ4v) is 2.29. The maximum absolute atomic E-state index is 13.5. The average Bonchev–Trinajstić information content (AvgIpc) is 2.59. The lowest BCUT2D eigenvalue weighted by Crippen LogP contribution is -2.36. The summed E-state index contributed by atoms with van der Waals surface area (Å²) in [5.74, 6) is 0.871. The van der Waals surface area contributed by atoms with E-state index < -0.39 is 0 Å². The van der Waals surface area contributed by atoms with E-state index in [0.717, 1.165) is 0 Å². The number of rotatable bonds is 8. The molecule has 4 nitrogen and oxygen atoms in total. The number of carbonyl (C=O) groups excluding carboxylic acids is 1. The lowest BCUT2D eigenvalue weighted by atomic mass is 10.1. The minimum Gasteiger partial charge on any atom is -0.493 e. The number of amides is 1. The molecule has 0 heterocycles. The number of hydrogen-bond donors (Lipinski definition) is 1. The van der Waals surface area contributed by atoms with E-state index in [0.29, 0.717) is 30.1 Å². The molecule has 0 bridgehead atoms. The molecule has 1 atom stereocenters. The third kappa shape index (κ3) is 5.26. The first-order valence-electron chi connectivity index (χ1n) is 7.88. The molecule has 128 valence electrons. The molecule has 0 aromatic heterocycles. The largest absolute Gasteiger partial charge is 0.493 e. The Morgan fingerprint density at radius 3 is 2.50 bits per heavy atom. The predicted molar refractivity (Wildman–Crippen MR) is 90.8 cm³/mol. The van der Waals surface area contributed by atoms with Crippen molar-refractivity contribution in [3.05, 3.63) is 59.9 Å². The number of nitrogens with one attached hydrogen (secondary N) is 1. The highest BCUT2D eigenvalue weighted by molar-refractivity contribution is 5.76. The topological polar surface area (TPSA) is 47.6 Å². The van der Waals surface area contributed by atoms with Gasteiger partial charge in [-0.25, -0.2) is 4.39 Å². The van der Waals surface area contributed by atoms with Crippen molar-refractivity contribution in [2.45, 2.75) is 25.8 Å². The Hall–Kier alpha value is -2.56. The van der Waals surface area contributed by atoms with E-state index in [-0.39, 0.29) is 24.2 Å². The molecular formula is C19H22FNO3. The van der Waals surface area contributed by atoms with E-state index in [1.54, 1.807) is 25.3 Å². The van der Waals surface area contributed by atoms with E-state index in [1.165, 1.54) is 6.07 Å². The second kappa shape index (κ2) is 8.91. The Kier molecular flexibility index (Phi) is 6.61. The normalized spacial score (nSPS) is 11.6. The first-order chi connectivity index (χ1) is 11.6. The summed E-state index contributed by atoms with van der Waals surface area (Å²) in [6.45, 7) is 2.18. The molecule has 0 fully saturated rings. The predicted octanol–water partition coefficient (Wildman–Crippen LogP) is 3.35. The third-order valence-corrected chi connectivity index (χ3v) is 3.54. The van der Waals surface area contributed by atoms with Gasteiger partial charge in [0.15, 0.2) is 11.5 Å². The summed E-state index contributed by atoms with van der Waals surface area (Å²) in [7, 11) is 1.58. The van der Waals surface area contributed by atoms with Gasteiger partial charge in [0.25, 0.3) is 0 Å². The summed E-state index contributed by atoms with van der Waals surface area (Å²) >= 11 is 0. The van der Waals surface area contributed by atoms with E-state index in [2.05, 4.69) is 5.32 Å². The van der Waals surface area contributed by atoms with E-state index in [1.807, 2.05) is 31.2 Å². The molecular weight excluding hydrogens is 309 g/mol. The van der Waals surface area contributed by atoms with Crippen molar-refractivity contribution >= 4 is 5.91 Å². The number of aryl methyl sites for hydroxylation is 1. The van der Waals surface area contributed by atoms with Gasteiger partial charge in [0.2, 0.25) is 5.91 Å². The van der Waals surface area contributed by atoms with Gasteiger partial charge in [0, 0.05) is 6.42 Å². The van der Waals surface area contributed by atoms with Gasteiger partial charge in [-0.15, -0.1) is 0 Å². The Morgan fingerprint density at radius 1 is 1.12 bits per heavy atom. The molecule has 2 rings (SSSR count). The molecule has 5 heteroatoms. The number of benzene rings is 2. The van der Waals surface area contributed by atoms with Gasteiger partial charge in [0.05, 0.1) is 13.2 Å². The second-order valence-corrected chi connectivity index (χ2v) is 5.52. The zero-order valence-electron chi connectivity index (χ0n) is 13.9. The van der Waals surface area contributed by atoms with Crippen molar-refractivity contribution in [1.82, 2.24) is 5.32 Å². The molecule has 0 aliphatic carbocycles. The Balaban J connectivity index is 1.76. The van der Waals surface area contributed by atoms with Gasteiger partial charge < -0.3 is 14.8 Å². The van der Waals surface area contributed by atoms with Crippen LogP contribution in [0.4, 0.5) is 4.39 Å². The zero-order valence-corrected chi connectivity index (χ0v) is 13.9. The van der Waals surface area contributed by atoms with Crippen LogP contribution in [0.5, 0.6) is 11.5 Å². The molecule has 2 aromatic carbocycles. The summed E-state index contributed by atoms with van der Waals surface area (Å²) in [5.41, 5.74) is 0.547. The molecule has 0 spiro atoms. The highest BCUT2D eigenvalue weighted by Crippen LogP contribution is 2.25. The van der Waals surface area contributed by atoms with Gasteiger partial charge in [-0.2, -0.15) is 0 Å². The number of hydrogen-bond acceptors (Lipinski definition) is 3. The summed E-state index contributed by atoms with van der Waals surface area (Å²) in [4.78, 5) is 12.0. The van der Waals surface area contributed by atoms with Gasteiger partial charge in [0.1, 0.15) is 12.4 Å². The van der Waals surface area contributed by atoms with E-state index >= 15 is 0 Å². The molecule has 24 heavy (non-hydrogen) atoms. The monoisotopic (exact) mass is 331 g/mol. The molecule has 0 unspecified atom stereocenters. The van der Waals surface area contributed by atoms with Crippen molar-refractivity contribution in [2.24, 2.45) is 0 Å². The van der Waals surface area contributed by atoms with Crippen molar-refractivity contribution < 1.29 is 18.7 Å². The van der Waals surface area contributed by atoms with Crippen molar-refractivity contribution in [3.8, 4) is 11.5 Å². The summed E-state index contributed by atoms with van der Waals surface area (Å²) in [6.07, 6.45) is 0.610. The van der Waals surface area contributed by atoms with Gasteiger partial charge in [-0.05, 0) is 37.1 Å². The van der Waals surface area contributed by atoms with Gasteiger partial charge in [-0.3, -0.25) is 4.79 Å². The van der Waals surface area contributed by atoms with Crippen molar-refractivity contribution in [2.75, 3.05) is 13.7 Å². The minimum atomic E-state index is -0.280. The maximum atomic E-state index is 13.5. The summed E-state index contributed by atoms with van der Waals surface area (Å²) in [5, 5.41) is 2.85. The Bertz CT molecular complexity index is 675. The molecule has 1 N–H and O–H groups in total. The number of halogens is 1.